The van der Waals surface area contributed by atoms with E-state index < -0.39 is 0 Å². The van der Waals surface area contributed by atoms with Gasteiger partial charge in [-0.1, -0.05) is 41.4 Å². The van der Waals surface area contributed by atoms with E-state index in [1.165, 1.54) is 0 Å². The Morgan fingerprint density at radius 3 is 2.44 bits per heavy atom. The Bertz CT molecular complexity index is 425. The molecule has 0 saturated heterocycles. The normalized spacial score (nSPS) is 11.4. The Labute approximate surface area is 130 Å². The SMILES string of the molecule is CCC(CC)(CBr)NC(=O)c1ccc(Cl)cc1Br. The van der Waals surface area contributed by atoms with E-state index in [9.17, 15) is 4.79 Å². The Morgan fingerprint density at radius 2 is 2.00 bits per heavy atom. The van der Waals surface area contributed by atoms with Gasteiger partial charge in [0.2, 0.25) is 0 Å². The zero-order valence-corrected chi connectivity index (χ0v) is 14.3. The average molecular weight is 398 g/mol. The lowest BCUT2D eigenvalue weighted by Gasteiger charge is -2.31. The molecule has 0 spiro atoms. The summed E-state index contributed by atoms with van der Waals surface area (Å²) in [7, 11) is 0. The molecule has 100 valence electrons. The summed E-state index contributed by atoms with van der Waals surface area (Å²) in [5.74, 6) is -0.0818. The first-order chi connectivity index (χ1) is 8.48. The van der Waals surface area contributed by atoms with Crippen LogP contribution in [0, 0.1) is 0 Å². The third-order valence-corrected chi connectivity index (χ3v) is 5.13. The van der Waals surface area contributed by atoms with Crippen LogP contribution >= 0.6 is 43.5 Å². The standard InChI is InChI=1S/C13H16Br2ClNO/c1-3-13(4-2,8-14)17-12(18)10-6-5-9(16)7-11(10)15/h5-7H,3-4,8H2,1-2H3,(H,17,18). The van der Waals surface area contributed by atoms with Crippen LogP contribution in [0.1, 0.15) is 37.0 Å². The lowest BCUT2D eigenvalue weighted by atomic mass is 9.95. The summed E-state index contributed by atoms with van der Waals surface area (Å²) in [5, 5.41) is 4.44. The van der Waals surface area contributed by atoms with Gasteiger partial charge in [-0.3, -0.25) is 4.79 Å². The lowest BCUT2D eigenvalue weighted by molar-refractivity contribution is 0.0903. The van der Waals surface area contributed by atoms with Gasteiger partial charge >= 0.3 is 0 Å². The number of hydrogen-bond acceptors (Lipinski definition) is 1. The van der Waals surface area contributed by atoms with Crippen molar-refractivity contribution in [2.75, 3.05) is 5.33 Å². The summed E-state index contributed by atoms with van der Waals surface area (Å²) in [6.45, 7) is 4.14. The van der Waals surface area contributed by atoms with Crippen molar-refractivity contribution < 1.29 is 4.79 Å². The second kappa shape index (κ2) is 6.92. The smallest absolute Gasteiger partial charge is 0.252 e. The predicted molar refractivity (Wildman–Crippen MR) is 83.7 cm³/mol. The number of nitrogens with one attached hydrogen (secondary N) is 1. The minimum absolute atomic E-state index is 0.0818. The van der Waals surface area contributed by atoms with Crippen molar-refractivity contribution in [2.24, 2.45) is 0 Å². The molecular weight excluding hydrogens is 381 g/mol. The highest BCUT2D eigenvalue weighted by molar-refractivity contribution is 9.10. The fourth-order valence-electron chi connectivity index (χ4n) is 1.63. The van der Waals surface area contributed by atoms with Crippen LogP contribution in [-0.4, -0.2) is 16.8 Å². The molecule has 1 N–H and O–H groups in total. The van der Waals surface area contributed by atoms with Crippen LogP contribution in [0.4, 0.5) is 0 Å². The third kappa shape index (κ3) is 3.72. The summed E-state index contributed by atoms with van der Waals surface area (Å²) in [4.78, 5) is 12.3. The van der Waals surface area contributed by atoms with Gasteiger partial charge in [0, 0.05) is 20.4 Å². The molecule has 0 aliphatic rings. The number of alkyl halides is 1. The second-order valence-electron chi connectivity index (χ2n) is 4.20. The molecule has 2 nitrogen and oxygen atoms in total. The second-order valence-corrected chi connectivity index (χ2v) is 6.05. The summed E-state index contributed by atoms with van der Waals surface area (Å²) in [5.41, 5.74) is 0.405. The zero-order chi connectivity index (χ0) is 13.8. The monoisotopic (exact) mass is 395 g/mol. The lowest BCUT2D eigenvalue weighted by Crippen LogP contribution is -2.49. The van der Waals surface area contributed by atoms with Crippen LogP contribution < -0.4 is 5.32 Å². The first-order valence-electron chi connectivity index (χ1n) is 5.81. The molecule has 1 amide bonds. The largest absolute Gasteiger partial charge is 0.346 e. The fourth-order valence-corrected chi connectivity index (χ4v) is 3.43. The van der Waals surface area contributed by atoms with Crippen molar-refractivity contribution in [3.05, 3.63) is 33.3 Å². The van der Waals surface area contributed by atoms with Gasteiger partial charge < -0.3 is 5.32 Å². The van der Waals surface area contributed by atoms with E-state index in [4.69, 9.17) is 11.6 Å². The fraction of sp³-hybridized carbons (Fsp3) is 0.462. The van der Waals surface area contributed by atoms with Gasteiger partial charge in [0.1, 0.15) is 0 Å². The van der Waals surface area contributed by atoms with Crippen molar-refractivity contribution in [1.29, 1.82) is 0 Å². The van der Waals surface area contributed by atoms with Crippen molar-refractivity contribution in [1.82, 2.24) is 5.32 Å². The summed E-state index contributed by atoms with van der Waals surface area (Å²) in [6.07, 6.45) is 1.76. The first-order valence-corrected chi connectivity index (χ1v) is 8.10. The maximum atomic E-state index is 12.3. The van der Waals surface area contributed by atoms with Crippen molar-refractivity contribution in [3.8, 4) is 0 Å². The van der Waals surface area contributed by atoms with E-state index in [-0.39, 0.29) is 11.4 Å². The molecule has 0 bridgehead atoms. The molecular formula is C13H16Br2ClNO. The molecule has 0 radical (unpaired) electrons. The molecule has 1 aromatic rings. The van der Waals surface area contributed by atoms with E-state index in [1.807, 2.05) is 0 Å². The zero-order valence-electron chi connectivity index (χ0n) is 10.4. The van der Waals surface area contributed by atoms with Gasteiger partial charge in [-0.15, -0.1) is 0 Å². The molecule has 1 rings (SSSR count). The number of amides is 1. The van der Waals surface area contributed by atoms with E-state index in [0.29, 0.717) is 15.1 Å². The number of carbonyl (C=O) groups excluding carboxylic acids is 1. The maximum Gasteiger partial charge on any atom is 0.252 e. The van der Waals surface area contributed by atoms with Gasteiger partial charge in [-0.25, -0.2) is 0 Å². The molecule has 0 aliphatic heterocycles. The van der Waals surface area contributed by atoms with Crippen LogP contribution in [0.5, 0.6) is 0 Å². The molecule has 0 heterocycles. The number of halogens is 3. The van der Waals surface area contributed by atoms with Crippen molar-refractivity contribution in [2.45, 2.75) is 32.2 Å². The van der Waals surface area contributed by atoms with Gasteiger partial charge in [-0.05, 0) is 47.0 Å². The highest BCUT2D eigenvalue weighted by atomic mass is 79.9. The minimum atomic E-state index is -0.198. The maximum absolute atomic E-state index is 12.3. The molecule has 0 aromatic heterocycles. The Balaban J connectivity index is 2.94. The van der Waals surface area contributed by atoms with Crippen LogP contribution in [-0.2, 0) is 0 Å². The minimum Gasteiger partial charge on any atom is -0.346 e. The Kier molecular flexibility index (Phi) is 6.15. The van der Waals surface area contributed by atoms with E-state index >= 15 is 0 Å². The number of rotatable bonds is 5. The van der Waals surface area contributed by atoms with E-state index in [0.717, 1.165) is 18.2 Å². The van der Waals surface area contributed by atoms with Crippen LogP contribution in [0.3, 0.4) is 0 Å². The topological polar surface area (TPSA) is 29.1 Å². The predicted octanol–water partition coefficient (Wildman–Crippen LogP) is 4.79. The first kappa shape index (κ1) is 16.0. The van der Waals surface area contributed by atoms with Crippen LogP contribution in [0.25, 0.3) is 0 Å². The molecule has 0 atom stereocenters. The summed E-state index contributed by atoms with van der Waals surface area (Å²) in [6, 6.07) is 5.17. The van der Waals surface area contributed by atoms with E-state index in [2.05, 4.69) is 51.0 Å². The number of hydrogen-bond donors (Lipinski definition) is 1. The van der Waals surface area contributed by atoms with Crippen molar-refractivity contribution in [3.63, 3.8) is 0 Å². The summed E-state index contributed by atoms with van der Waals surface area (Å²) < 4.78 is 0.711. The molecule has 0 saturated carbocycles. The number of benzene rings is 1. The average Bonchev–Trinajstić information content (AvgIpc) is 2.36. The van der Waals surface area contributed by atoms with Crippen molar-refractivity contribution >= 4 is 49.4 Å². The third-order valence-electron chi connectivity index (χ3n) is 3.16. The highest BCUT2D eigenvalue weighted by Crippen LogP contribution is 2.24. The highest BCUT2D eigenvalue weighted by Gasteiger charge is 2.27. The summed E-state index contributed by atoms with van der Waals surface area (Å²) >= 11 is 12.7. The van der Waals surface area contributed by atoms with Gasteiger partial charge in [0.05, 0.1) is 5.56 Å². The van der Waals surface area contributed by atoms with Crippen LogP contribution in [0.2, 0.25) is 5.02 Å². The Hall–Kier alpha value is -0.0600. The molecule has 5 heteroatoms. The molecule has 0 unspecified atom stereocenters. The van der Waals surface area contributed by atoms with E-state index in [1.54, 1.807) is 18.2 Å². The van der Waals surface area contributed by atoms with Gasteiger partial charge in [0.15, 0.2) is 0 Å². The Morgan fingerprint density at radius 1 is 1.39 bits per heavy atom. The molecule has 1 aromatic carbocycles. The quantitative estimate of drug-likeness (QED) is 0.712. The molecule has 0 aliphatic carbocycles. The van der Waals surface area contributed by atoms with Gasteiger partial charge in [-0.2, -0.15) is 0 Å². The van der Waals surface area contributed by atoms with Gasteiger partial charge in [0.25, 0.3) is 5.91 Å². The molecule has 0 fully saturated rings. The van der Waals surface area contributed by atoms with Crippen LogP contribution in [0.15, 0.2) is 22.7 Å². The molecule has 18 heavy (non-hydrogen) atoms. The number of carbonyl (C=O) groups is 1.